The van der Waals surface area contributed by atoms with Gasteiger partial charge in [0.15, 0.2) is 0 Å². The molecule has 1 N–H and O–H groups in total. The Bertz CT molecular complexity index is 238. The van der Waals surface area contributed by atoms with Gasteiger partial charge >= 0.3 is 0 Å². The molecule has 1 fully saturated rings. The summed E-state index contributed by atoms with van der Waals surface area (Å²) in [6.45, 7) is 11.2. The lowest BCUT2D eigenvalue weighted by atomic mass is 10.00. The molecule has 0 bridgehead atoms. The fourth-order valence-electron chi connectivity index (χ4n) is 2.22. The summed E-state index contributed by atoms with van der Waals surface area (Å²) in [4.78, 5) is 14.1. The van der Waals surface area contributed by atoms with E-state index in [4.69, 9.17) is 4.74 Å². The molecule has 1 saturated heterocycles. The number of nitrogens with one attached hydrogen (secondary N) is 1. The summed E-state index contributed by atoms with van der Waals surface area (Å²) >= 11 is 0. The highest BCUT2D eigenvalue weighted by molar-refractivity contribution is 5.76. The van der Waals surface area contributed by atoms with Crippen molar-refractivity contribution in [3.8, 4) is 0 Å². The van der Waals surface area contributed by atoms with Crippen LogP contribution in [0.3, 0.4) is 0 Å². The Morgan fingerprint density at radius 1 is 1.33 bits per heavy atom. The molecule has 1 aliphatic rings. The molecule has 1 heterocycles. The Hall–Kier alpha value is -0.610. The molecule has 0 aromatic heterocycles. The van der Waals surface area contributed by atoms with Crippen molar-refractivity contribution >= 4 is 5.91 Å². The summed E-state index contributed by atoms with van der Waals surface area (Å²) in [5, 5.41) is 3.16. The van der Waals surface area contributed by atoms with Crippen LogP contribution in [0.15, 0.2) is 0 Å². The van der Waals surface area contributed by atoms with Gasteiger partial charge in [0.05, 0.1) is 13.2 Å². The maximum Gasteiger partial charge on any atom is 0.220 e. The van der Waals surface area contributed by atoms with E-state index >= 15 is 0 Å². The third-order valence-corrected chi connectivity index (χ3v) is 3.49. The molecule has 4 nitrogen and oxygen atoms in total. The normalized spacial score (nSPS) is 18.9. The van der Waals surface area contributed by atoms with E-state index < -0.39 is 0 Å². The Morgan fingerprint density at radius 3 is 2.56 bits per heavy atom. The third kappa shape index (κ3) is 5.83. The second-order valence-corrected chi connectivity index (χ2v) is 5.41. The third-order valence-electron chi connectivity index (χ3n) is 3.49. The van der Waals surface area contributed by atoms with Crippen LogP contribution in [0.5, 0.6) is 0 Å². The molecule has 18 heavy (non-hydrogen) atoms. The van der Waals surface area contributed by atoms with Gasteiger partial charge in [-0.2, -0.15) is 0 Å². The highest BCUT2D eigenvalue weighted by Crippen LogP contribution is 2.09. The molecular formula is C14H28N2O2. The second-order valence-electron chi connectivity index (χ2n) is 5.41. The average molecular weight is 256 g/mol. The van der Waals surface area contributed by atoms with Crippen molar-refractivity contribution in [3.05, 3.63) is 0 Å². The summed E-state index contributed by atoms with van der Waals surface area (Å²) in [6, 6.07) is 0.298. The molecule has 0 spiro atoms. The van der Waals surface area contributed by atoms with E-state index in [0.717, 1.165) is 45.7 Å². The summed E-state index contributed by atoms with van der Waals surface area (Å²) in [7, 11) is 0. The number of amides is 1. The minimum absolute atomic E-state index is 0.193. The average Bonchev–Trinajstić information content (AvgIpc) is 2.35. The largest absolute Gasteiger partial charge is 0.379 e. The Morgan fingerprint density at radius 2 is 2.00 bits per heavy atom. The number of hydrogen-bond donors (Lipinski definition) is 1. The van der Waals surface area contributed by atoms with E-state index in [9.17, 15) is 4.79 Å². The van der Waals surface area contributed by atoms with E-state index in [-0.39, 0.29) is 5.91 Å². The summed E-state index contributed by atoms with van der Waals surface area (Å²) in [6.07, 6.45) is 2.59. The van der Waals surface area contributed by atoms with E-state index in [1.54, 1.807) is 0 Å². The van der Waals surface area contributed by atoms with Gasteiger partial charge in [-0.3, -0.25) is 9.69 Å². The van der Waals surface area contributed by atoms with Gasteiger partial charge in [-0.1, -0.05) is 20.8 Å². The van der Waals surface area contributed by atoms with E-state index in [2.05, 4.69) is 24.1 Å². The molecule has 0 aromatic rings. The molecule has 1 amide bonds. The predicted octanol–water partition coefficient (Wildman–Crippen LogP) is 1.65. The molecule has 0 radical (unpaired) electrons. The fraction of sp³-hybridized carbons (Fsp3) is 0.929. The molecule has 1 rings (SSSR count). The first-order valence-electron chi connectivity index (χ1n) is 7.23. The minimum Gasteiger partial charge on any atom is -0.379 e. The zero-order valence-corrected chi connectivity index (χ0v) is 12.1. The Labute approximate surface area is 111 Å². The number of nitrogens with zero attached hydrogens (tertiary/aromatic N) is 1. The number of carbonyl (C=O) groups excluding carboxylic acids is 1. The SMILES string of the molecule is CCCC(=O)NC(CCN1CCOCC1)C(C)C. The van der Waals surface area contributed by atoms with Crippen LogP contribution in [0.2, 0.25) is 0 Å². The Balaban J connectivity index is 2.30. The highest BCUT2D eigenvalue weighted by atomic mass is 16.5. The molecule has 0 saturated carbocycles. The van der Waals surface area contributed by atoms with E-state index in [0.29, 0.717) is 18.4 Å². The maximum atomic E-state index is 11.7. The molecule has 4 heteroatoms. The van der Waals surface area contributed by atoms with Crippen LogP contribution in [0.4, 0.5) is 0 Å². The zero-order valence-electron chi connectivity index (χ0n) is 12.1. The topological polar surface area (TPSA) is 41.6 Å². The summed E-state index contributed by atoms with van der Waals surface area (Å²) in [5.74, 6) is 0.685. The molecular weight excluding hydrogens is 228 g/mol. The quantitative estimate of drug-likeness (QED) is 0.753. The van der Waals surface area contributed by atoms with Crippen LogP contribution in [0, 0.1) is 5.92 Å². The van der Waals surface area contributed by atoms with Crippen molar-refractivity contribution in [3.63, 3.8) is 0 Å². The number of hydrogen-bond acceptors (Lipinski definition) is 3. The highest BCUT2D eigenvalue weighted by Gasteiger charge is 2.18. The minimum atomic E-state index is 0.193. The van der Waals surface area contributed by atoms with Crippen molar-refractivity contribution in [2.24, 2.45) is 5.92 Å². The van der Waals surface area contributed by atoms with Crippen LogP contribution in [-0.4, -0.2) is 49.7 Å². The van der Waals surface area contributed by atoms with Crippen molar-refractivity contribution in [2.75, 3.05) is 32.8 Å². The van der Waals surface area contributed by atoms with Gasteiger partial charge in [-0.05, 0) is 18.8 Å². The van der Waals surface area contributed by atoms with Gasteiger partial charge in [-0.15, -0.1) is 0 Å². The molecule has 1 unspecified atom stereocenters. The number of morpholine rings is 1. The van der Waals surface area contributed by atoms with Crippen LogP contribution < -0.4 is 5.32 Å². The lowest BCUT2D eigenvalue weighted by Gasteiger charge is -2.30. The molecule has 1 atom stereocenters. The van der Waals surface area contributed by atoms with Crippen molar-refractivity contribution in [1.29, 1.82) is 0 Å². The second kappa shape index (κ2) is 8.48. The predicted molar refractivity (Wildman–Crippen MR) is 73.6 cm³/mol. The smallest absolute Gasteiger partial charge is 0.220 e. The van der Waals surface area contributed by atoms with Crippen molar-refractivity contribution in [2.45, 2.75) is 46.1 Å². The van der Waals surface area contributed by atoms with E-state index in [1.165, 1.54) is 0 Å². The number of carbonyl (C=O) groups is 1. The van der Waals surface area contributed by atoms with Crippen molar-refractivity contribution in [1.82, 2.24) is 10.2 Å². The lowest BCUT2D eigenvalue weighted by molar-refractivity contribution is -0.122. The van der Waals surface area contributed by atoms with Crippen LogP contribution in [-0.2, 0) is 9.53 Å². The van der Waals surface area contributed by atoms with Crippen LogP contribution >= 0.6 is 0 Å². The van der Waals surface area contributed by atoms with Crippen LogP contribution in [0.1, 0.15) is 40.0 Å². The first-order valence-corrected chi connectivity index (χ1v) is 7.23. The van der Waals surface area contributed by atoms with Gasteiger partial charge in [0.1, 0.15) is 0 Å². The van der Waals surface area contributed by atoms with E-state index in [1.807, 2.05) is 6.92 Å². The lowest BCUT2D eigenvalue weighted by Crippen LogP contribution is -2.43. The maximum absolute atomic E-state index is 11.7. The molecule has 0 aromatic carbocycles. The monoisotopic (exact) mass is 256 g/mol. The van der Waals surface area contributed by atoms with Crippen LogP contribution in [0.25, 0.3) is 0 Å². The van der Waals surface area contributed by atoms with Crippen molar-refractivity contribution < 1.29 is 9.53 Å². The number of rotatable bonds is 7. The van der Waals surface area contributed by atoms with Gasteiger partial charge in [-0.25, -0.2) is 0 Å². The standard InChI is InChI=1S/C14H28N2O2/c1-4-5-14(17)15-13(12(2)3)6-7-16-8-10-18-11-9-16/h12-13H,4-11H2,1-3H3,(H,15,17). The number of ether oxygens (including phenoxy) is 1. The fourth-order valence-corrected chi connectivity index (χ4v) is 2.22. The zero-order chi connectivity index (χ0) is 13.4. The molecule has 106 valence electrons. The van der Waals surface area contributed by atoms with Gasteiger partial charge in [0, 0.05) is 32.1 Å². The molecule has 0 aliphatic carbocycles. The first-order chi connectivity index (χ1) is 8.63. The van der Waals surface area contributed by atoms with Gasteiger partial charge in [0.2, 0.25) is 5.91 Å². The Kier molecular flexibility index (Phi) is 7.28. The summed E-state index contributed by atoms with van der Waals surface area (Å²) in [5.41, 5.74) is 0. The first kappa shape index (κ1) is 15.4. The summed E-state index contributed by atoms with van der Waals surface area (Å²) < 4.78 is 5.34. The van der Waals surface area contributed by atoms with Gasteiger partial charge < -0.3 is 10.1 Å². The molecule has 1 aliphatic heterocycles. The van der Waals surface area contributed by atoms with Gasteiger partial charge in [0.25, 0.3) is 0 Å².